The van der Waals surface area contributed by atoms with Crippen LogP contribution in [0.15, 0.2) is 31.2 Å². The Labute approximate surface area is 126 Å². The average Bonchev–Trinajstić information content (AvgIpc) is 2.91. The summed E-state index contributed by atoms with van der Waals surface area (Å²) >= 11 is 12.7. The monoisotopic (exact) mass is 402 g/mol. The smallest absolute Gasteiger partial charge is 0.0711 e. The first-order valence-electron chi connectivity index (χ1n) is 4.91. The Balaban J connectivity index is 2.46. The van der Waals surface area contributed by atoms with Crippen LogP contribution in [0.3, 0.4) is 0 Å². The van der Waals surface area contributed by atoms with Crippen LogP contribution in [0.25, 0.3) is 30.3 Å². The van der Waals surface area contributed by atoms with Crippen molar-refractivity contribution in [2.24, 2.45) is 0 Å². The zero-order valence-electron chi connectivity index (χ0n) is 8.29. The van der Waals surface area contributed by atoms with E-state index in [4.69, 9.17) is 0 Å². The fourth-order valence-electron chi connectivity index (χ4n) is 2.16. The Hall–Kier alpha value is 0.0600. The molecule has 0 amide bonds. The van der Waals surface area contributed by atoms with E-state index in [1.165, 1.54) is 37.8 Å². The number of fused-ring (bicyclic) bond motifs is 6. The number of benzene rings is 1. The van der Waals surface area contributed by atoms with Crippen molar-refractivity contribution >= 4 is 96.1 Å². The molecule has 0 nitrogen and oxygen atoms in total. The largest absolute Gasteiger partial charge is 0.143 e. The zero-order chi connectivity index (χ0) is 11.6. The Bertz CT molecular complexity index is 796. The Kier molecular flexibility index (Phi) is 2.43. The Morgan fingerprint density at radius 1 is 0.765 bits per heavy atom. The summed E-state index contributed by atoms with van der Waals surface area (Å²) in [5.74, 6) is 0. The molecule has 0 spiro atoms. The summed E-state index contributed by atoms with van der Waals surface area (Å²) in [5.41, 5.74) is 0. The van der Waals surface area contributed by atoms with Crippen LogP contribution >= 0.6 is 65.9 Å². The summed E-state index contributed by atoms with van der Waals surface area (Å²) in [5, 5.41) is 6.32. The van der Waals surface area contributed by atoms with Gasteiger partial charge in [-0.2, -0.15) is 0 Å². The van der Waals surface area contributed by atoms with E-state index in [1.54, 1.807) is 0 Å². The highest BCUT2D eigenvalue weighted by Gasteiger charge is 2.14. The van der Waals surface area contributed by atoms with E-state index in [9.17, 15) is 0 Å². The number of halogens is 2. The number of hydrogen-bond donors (Lipinski definition) is 0. The SMILES string of the molecule is Brc1cc2c(s1)c1ccsc1c1cc(Br)sc12. The van der Waals surface area contributed by atoms with Gasteiger partial charge >= 0.3 is 0 Å². The first-order chi connectivity index (χ1) is 8.24. The summed E-state index contributed by atoms with van der Waals surface area (Å²) in [6.07, 6.45) is 0. The molecule has 1 aromatic carbocycles. The van der Waals surface area contributed by atoms with E-state index in [2.05, 4.69) is 55.4 Å². The van der Waals surface area contributed by atoms with Gasteiger partial charge in [0.2, 0.25) is 0 Å². The molecule has 0 atom stereocenters. The van der Waals surface area contributed by atoms with Gasteiger partial charge in [0, 0.05) is 30.3 Å². The van der Waals surface area contributed by atoms with Gasteiger partial charge in [0.15, 0.2) is 0 Å². The highest BCUT2D eigenvalue weighted by molar-refractivity contribution is 9.11. The molecule has 0 fully saturated rings. The lowest BCUT2D eigenvalue weighted by molar-refractivity contribution is 2.07. The molecule has 4 aromatic rings. The van der Waals surface area contributed by atoms with Crippen molar-refractivity contribution in [3.8, 4) is 0 Å². The predicted octanol–water partition coefficient (Wildman–Crippen LogP) is 6.86. The number of rotatable bonds is 0. The molecular weight excluding hydrogens is 400 g/mol. The Morgan fingerprint density at radius 2 is 1.35 bits per heavy atom. The van der Waals surface area contributed by atoms with Gasteiger partial charge in [-0.05, 0) is 55.4 Å². The van der Waals surface area contributed by atoms with Crippen LogP contribution in [0, 0.1) is 0 Å². The first kappa shape index (κ1) is 10.9. The van der Waals surface area contributed by atoms with Crippen LogP contribution in [-0.2, 0) is 0 Å². The van der Waals surface area contributed by atoms with Crippen molar-refractivity contribution in [1.82, 2.24) is 0 Å². The number of hydrogen-bond acceptors (Lipinski definition) is 3. The molecular formula is C12H4Br2S3. The molecule has 0 saturated heterocycles. The van der Waals surface area contributed by atoms with Gasteiger partial charge in [-0.15, -0.1) is 34.0 Å². The molecule has 0 aliphatic heterocycles. The van der Waals surface area contributed by atoms with Gasteiger partial charge < -0.3 is 0 Å². The van der Waals surface area contributed by atoms with Gasteiger partial charge in [0.25, 0.3) is 0 Å². The highest BCUT2D eigenvalue weighted by atomic mass is 79.9. The van der Waals surface area contributed by atoms with Crippen LogP contribution in [0.2, 0.25) is 0 Å². The molecule has 3 heterocycles. The second-order valence-corrected chi connectivity index (χ2v) is 9.53. The third kappa shape index (κ3) is 1.50. The molecule has 0 saturated carbocycles. The molecule has 17 heavy (non-hydrogen) atoms. The van der Waals surface area contributed by atoms with Crippen molar-refractivity contribution in [3.63, 3.8) is 0 Å². The molecule has 5 heteroatoms. The van der Waals surface area contributed by atoms with E-state index >= 15 is 0 Å². The van der Waals surface area contributed by atoms with Gasteiger partial charge in [0.05, 0.1) is 7.57 Å². The summed E-state index contributed by atoms with van der Waals surface area (Å²) in [6, 6.07) is 6.71. The lowest BCUT2D eigenvalue weighted by Crippen LogP contribution is -1.67. The maximum atomic E-state index is 3.61. The summed E-state index contributed by atoms with van der Waals surface area (Å²) < 4.78 is 6.61. The second kappa shape index (κ2) is 3.78. The molecule has 0 unspecified atom stereocenters. The van der Waals surface area contributed by atoms with Crippen molar-refractivity contribution in [2.45, 2.75) is 0 Å². The minimum atomic E-state index is 1.21. The average molecular weight is 404 g/mol. The maximum Gasteiger partial charge on any atom is 0.0711 e. The number of thiophene rings is 3. The molecule has 3 aromatic heterocycles. The normalized spacial score (nSPS) is 12.1. The minimum Gasteiger partial charge on any atom is -0.143 e. The third-order valence-electron chi connectivity index (χ3n) is 2.80. The van der Waals surface area contributed by atoms with Crippen molar-refractivity contribution < 1.29 is 0 Å². The minimum absolute atomic E-state index is 1.21. The van der Waals surface area contributed by atoms with Crippen LogP contribution in [-0.4, -0.2) is 0 Å². The molecule has 0 bridgehead atoms. The standard InChI is InChI=1S/C12H4Br2S3/c13-8-3-6-10-5(1-2-15-10)11-7(12(6)17-8)4-9(14)16-11/h1-4H. The predicted molar refractivity (Wildman–Crippen MR) is 88.0 cm³/mol. The molecule has 0 N–H and O–H groups in total. The van der Waals surface area contributed by atoms with Crippen LogP contribution in [0.1, 0.15) is 0 Å². The summed E-state index contributed by atoms with van der Waals surface area (Å²) in [7, 11) is 0. The van der Waals surface area contributed by atoms with Crippen molar-refractivity contribution in [1.29, 1.82) is 0 Å². The lowest BCUT2D eigenvalue weighted by atomic mass is 10.1. The van der Waals surface area contributed by atoms with E-state index < -0.39 is 0 Å². The molecule has 0 aliphatic rings. The van der Waals surface area contributed by atoms with Gasteiger partial charge in [0.1, 0.15) is 0 Å². The topological polar surface area (TPSA) is 0 Å². The second-order valence-electron chi connectivity index (χ2n) is 3.75. The Morgan fingerprint density at radius 3 is 2.06 bits per heavy atom. The lowest BCUT2D eigenvalue weighted by Gasteiger charge is -1.96. The van der Waals surface area contributed by atoms with E-state index in [1.807, 2.05) is 34.0 Å². The fraction of sp³-hybridized carbons (Fsp3) is 0. The molecule has 0 aliphatic carbocycles. The zero-order valence-corrected chi connectivity index (χ0v) is 13.9. The quantitative estimate of drug-likeness (QED) is 0.301. The van der Waals surface area contributed by atoms with E-state index in [0.717, 1.165) is 0 Å². The van der Waals surface area contributed by atoms with Gasteiger partial charge in [-0.1, -0.05) is 0 Å². The van der Waals surface area contributed by atoms with Crippen LogP contribution in [0.4, 0.5) is 0 Å². The van der Waals surface area contributed by atoms with Gasteiger partial charge in [-0.3, -0.25) is 0 Å². The van der Waals surface area contributed by atoms with Gasteiger partial charge in [-0.25, -0.2) is 0 Å². The van der Waals surface area contributed by atoms with E-state index in [-0.39, 0.29) is 0 Å². The summed E-state index contributed by atoms with van der Waals surface area (Å²) in [6.45, 7) is 0. The van der Waals surface area contributed by atoms with Crippen molar-refractivity contribution in [2.75, 3.05) is 0 Å². The first-order valence-corrected chi connectivity index (χ1v) is 9.01. The fourth-order valence-corrected chi connectivity index (χ4v) is 6.54. The van der Waals surface area contributed by atoms with E-state index in [0.29, 0.717) is 0 Å². The maximum absolute atomic E-state index is 3.61. The summed E-state index contributed by atoms with van der Waals surface area (Å²) in [4.78, 5) is 0. The molecule has 84 valence electrons. The van der Waals surface area contributed by atoms with Crippen LogP contribution in [0.5, 0.6) is 0 Å². The van der Waals surface area contributed by atoms with Crippen LogP contribution < -0.4 is 0 Å². The van der Waals surface area contributed by atoms with Crippen molar-refractivity contribution in [3.05, 3.63) is 31.2 Å². The highest BCUT2D eigenvalue weighted by Crippen LogP contribution is 2.46. The molecule has 0 radical (unpaired) electrons. The molecule has 4 rings (SSSR count). The third-order valence-corrected chi connectivity index (χ3v) is 7.09.